The lowest BCUT2D eigenvalue weighted by Crippen LogP contribution is -2.00. The van der Waals surface area contributed by atoms with Gasteiger partial charge in [-0.05, 0) is 56.9 Å². The molecule has 4 nitrogen and oxygen atoms in total. The van der Waals surface area contributed by atoms with Crippen molar-refractivity contribution in [2.45, 2.75) is 0 Å². The van der Waals surface area contributed by atoms with Crippen LogP contribution in [0.5, 0.6) is 0 Å². The lowest BCUT2D eigenvalue weighted by molar-refractivity contribution is 0.669. The number of hydrogen-bond donors (Lipinski definition) is 0. The van der Waals surface area contributed by atoms with Gasteiger partial charge >= 0.3 is 0 Å². The van der Waals surface area contributed by atoms with Crippen LogP contribution in [0.4, 0.5) is 0 Å². The van der Waals surface area contributed by atoms with Gasteiger partial charge in [0.25, 0.3) is 0 Å². The van der Waals surface area contributed by atoms with Crippen molar-refractivity contribution in [2.75, 3.05) is 0 Å². The quantitative estimate of drug-likeness (QED) is 0.196. The van der Waals surface area contributed by atoms with Crippen molar-refractivity contribution in [2.24, 2.45) is 0 Å². The number of hydrogen-bond acceptors (Lipinski definition) is 4. The first-order valence-corrected chi connectivity index (χ1v) is 15.0. The van der Waals surface area contributed by atoms with Crippen LogP contribution < -0.4 is 0 Å². The fourth-order valence-corrected chi connectivity index (χ4v) is 6.21. The summed E-state index contributed by atoms with van der Waals surface area (Å²) in [5, 5.41) is 7.17. The minimum atomic E-state index is 0.603. The normalized spacial score (nSPS) is 11.6. The van der Waals surface area contributed by atoms with E-state index >= 15 is 0 Å². The lowest BCUT2D eigenvalue weighted by Gasteiger charge is -2.10. The van der Waals surface area contributed by atoms with Crippen LogP contribution in [-0.4, -0.2) is 15.0 Å². The summed E-state index contributed by atoms with van der Waals surface area (Å²) < 4.78 is 6.18. The number of furan rings is 1. The number of nitrogens with zero attached hydrogens (tertiary/aromatic N) is 3. The lowest BCUT2D eigenvalue weighted by atomic mass is 9.97. The van der Waals surface area contributed by atoms with Crippen LogP contribution in [0.25, 0.3) is 88.8 Å². The summed E-state index contributed by atoms with van der Waals surface area (Å²) in [7, 11) is 0. The van der Waals surface area contributed by atoms with Gasteiger partial charge in [-0.25, -0.2) is 15.0 Å². The maximum Gasteiger partial charge on any atom is 0.164 e. The monoisotopic (exact) mass is 575 g/mol. The summed E-state index contributed by atoms with van der Waals surface area (Å²) in [6.45, 7) is 0. The Hall–Kier alpha value is -6.13. The van der Waals surface area contributed by atoms with E-state index in [9.17, 15) is 0 Å². The van der Waals surface area contributed by atoms with Crippen molar-refractivity contribution < 1.29 is 4.42 Å². The molecular weight excluding hydrogens is 550 g/mol. The number of fused-ring (bicyclic) bond motifs is 6. The third-order valence-electron chi connectivity index (χ3n) is 8.53. The summed E-state index contributed by atoms with van der Waals surface area (Å²) in [5.41, 5.74) is 6.73. The molecule has 0 radical (unpaired) electrons. The van der Waals surface area contributed by atoms with E-state index in [1.807, 2.05) is 54.6 Å². The first-order valence-electron chi connectivity index (χ1n) is 15.0. The Morgan fingerprint density at radius 3 is 1.64 bits per heavy atom. The first-order chi connectivity index (χ1) is 22.3. The van der Waals surface area contributed by atoms with Crippen molar-refractivity contribution >= 4 is 43.5 Å². The summed E-state index contributed by atoms with van der Waals surface area (Å²) in [4.78, 5) is 14.8. The smallest absolute Gasteiger partial charge is 0.164 e. The summed E-state index contributed by atoms with van der Waals surface area (Å²) in [6.07, 6.45) is 0. The minimum absolute atomic E-state index is 0.603. The molecule has 2 heterocycles. The van der Waals surface area contributed by atoms with Gasteiger partial charge in [-0.3, -0.25) is 0 Å². The van der Waals surface area contributed by atoms with Gasteiger partial charge < -0.3 is 4.42 Å². The van der Waals surface area contributed by atoms with Gasteiger partial charge in [0.05, 0.1) is 0 Å². The highest BCUT2D eigenvalue weighted by Crippen LogP contribution is 2.34. The summed E-state index contributed by atoms with van der Waals surface area (Å²) in [6, 6.07) is 52.4. The molecular formula is C41H25N3O. The summed E-state index contributed by atoms with van der Waals surface area (Å²) in [5.74, 6) is 1.86. The maximum atomic E-state index is 6.18. The molecule has 0 spiro atoms. The van der Waals surface area contributed by atoms with Crippen molar-refractivity contribution in [3.63, 3.8) is 0 Å². The molecule has 0 atom stereocenters. The fraction of sp³-hybridized carbons (Fsp3) is 0. The molecule has 0 saturated carbocycles. The molecule has 2 aromatic heterocycles. The molecule has 4 heteroatoms. The molecule has 0 aliphatic rings. The van der Waals surface area contributed by atoms with Crippen LogP contribution in [0.3, 0.4) is 0 Å². The average molecular weight is 576 g/mol. The molecule has 0 fully saturated rings. The largest absolute Gasteiger partial charge is 0.456 e. The Bertz CT molecular complexity index is 2530. The van der Waals surface area contributed by atoms with Crippen LogP contribution in [0.15, 0.2) is 156 Å². The highest BCUT2D eigenvalue weighted by atomic mass is 16.3. The van der Waals surface area contributed by atoms with Crippen LogP contribution in [-0.2, 0) is 0 Å². The number of rotatable bonds is 4. The first kappa shape index (κ1) is 25.4. The molecule has 0 amide bonds. The Labute approximate surface area is 259 Å². The van der Waals surface area contributed by atoms with Crippen molar-refractivity contribution in [3.05, 3.63) is 152 Å². The van der Waals surface area contributed by atoms with Gasteiger partial charge in [-0.15, -0.1) is 0 Å². The molecule has 9 rings (SSSR count). The van der Waals surface area contributed by atoms with Gasteiger partial charge in [0.2, 0.25) is 0 Å². The van der Waals surface area contributed by atoms with Gasteiger partial charge in [0, 0.05) is 27.5 Å². The average Bonchev–Trinajstić information content (AvgIpc) is 3.49. The predicted molar refractivity (Wildman–Crippen MR) is 184 cm³/mol. The molecule has 210 valence electrons. The van der Waals surface area contributed by atoms with E-state index in [1.165, 1.54) is 27.1 Å². The van der Waals surface area contributed by atoms with Crippen LogP contribution >= 0.6 is 0 Å². The highest BCUT2D eigenvalue weighted by Gasteiger charge is 2.15. The maximum absolute atomic E-state index is 6.18. The third-order valence-corrected chi connectivity index (χ3v) is 8.53. The SMILES string of the molecule is c1ccc(-c2nc(-c3ccc(-c4ccc5ccc6ccccc6c5c4)cc3)nc(-c3ccc4c(c3)oc3ccccc34)n2)cc1. The molecule has 0 unspecified atom stereocenters. The number of aromatic nitrogens is 3. The topological polar surface area (TPSA) is 51.8 Å². The van der Waals surface area contributed by atoms with Crippen molar-refractivity contribution in [1.82, 2.24) is 15.0 Å². The van der Waals surface area contributed by atoms with E-state index in [0.717, 1.165) is 44.2 Å². The molecule has 0 saturated heterocycles. The molecule has 0 bridgehead atoms. The molecule has 45 heavy (non-hydrogen) atoms. The summed E-state index contributed by atoms with van der Waals surface area (Å²) >= 11 is 0. The van der Waals surface area contributed by atoms with Crippen molar-refractivity contribution in [1.29, 1.82) is 0 Å². The zero-order valence-electron chi connectivity index (χ0n) is 24.2. The van der Waals surface area contributed by atoms with Crippen molar-refractivity contribution in [3.8, 4) is 45.3 Å². The van der Waals surface area contributed by atoms with E-state index < -0.39 is 0 Å². The second kappa shape index (κ2) is 10.2. The van der Waals surface area contributed by atoms with E-state index in [1.54, 1.807) is 0 Å². The van der Waals surface area contributed by atoms with Crippen LogP contribution in [0, 0.1) is 0 Å². The van der Waals surface area contributed by atoms with Gasteiger partial charge in [-0.1, -0.05) is 127 Å². The molecule has 7 aromatic carbocycles. The third kappa shape index (κ3) is 4.43. The Kier molecular flexibility index (Phi) is 5.78. The van der Waals surface area contributed by atoms with Crippen LogP contribution in [0.1, 0.15) is 0 Å². The van der Waals surface area contributed by atoms with E-state index in [0.29, 0.717) is 17.5 Å². The van der Waals surface area contributed by atoms with E-state index in [4.69, 9.17) is 19.4 Å². The van der Waals surface area contributed by atoms with Gasteiger partial charge in [-0.2, -0.15) is 0 Å². The number of para-hydroxylation sites is 1. The second-order valence-electron chi connectivity index (χ2n) is 11.3. The zero-order valence-corrected chi connectivity index (χ0v) is 24.2. The molecule has 0 N–H and O–H groups in total. The Balaban J connectivity index is 1.14. The molecule has 9 aromatic rings. The second-order valence-corrected chi connectivity index (χ2v) is 11.3. The predicted octanol–water partition coefficient (Wildman–Crippen LogP) is 10.7. The minimum Gasteiger partial charge on any atom is -0.456 e. The Morgan fingerprint density at radius 1 is 0.311 bits per heavy atom. The van der Waals surface area contributed by atoms with E-state index in [2.05, 4.69) is 97.1 Å². The van der Waals surface area contributed by atoms with E-state index in [-0.39, 0.29) is 0 Å². The number of benzene rings is 7. The highest BCUT2D eigenvalue weighted by molar-refractivity contribution is 6.09. The molecule has 0 aliphatic carbocycles. The Morgan fingerprint density at radius 2 is 0.844 bits per heavy atom. The fourth-order valence-electron chi connectivity index (χ4n) is 6.21. The van der Waals surface area contributed by atoms with Gasteiger partial charge in [0.15, 0.2) is 17.5 Å². The van der Waals surface area contributed by atoms with Gasteiger partial charge in [0.1, 0.15) is 11.2 Å². The van der Waals surface area contributed by atoms with Crippen LogP contribution in [0.2, 0.25) is 0 Å². The standard InChI is InChI=1S/C41H25N3O/c1-2-9-29(10-3-1)39-42-40(44-41(43-39)32-22-23-35-34-12-6-7-13-37(34)45-38(35)25-32)30-19-14-26(15-20-30)31-21-18-28-17-16-27-8-4-5-11-33(27)36(28)24-31/h1-25H. The zero-order chi connectivity index (χ0) is 29.7. The molecule has 0 aliphatic heterocycles.